The van der Waals surface area contributed by atoms with Gasteiger partial charge in [-0.1, -0.05) is 6.92 Å². The van der Waals surface area contributed by atoms with Gasteiger partial charge in [-0.05, 0) is 30.7 Å². The van der Waals surface area contributed by atoms with E-state index in [4.69, 9.17) is 5.11 Å². The van der Waals surface area contributed by atoms with E-state index in [1.807, 2.05) is 6.92 Å². The third-order valence-electron chi connectivity index (χ3n) is 2.94. The molecule has 1 aromatic heterocycles. The maximum Gasteiger partial charge on any atom is 0.353 e. The monoisotopic (exact) mass is 317 g/mol. The molecular weight excluding hydrogens is 302 g/mol. The number of carboxylic acid groups (broad SMARTS) is 1. The standard InChI is InChI=1S/C14H15N5O4/c1-2-7-15-12-11(19(22)23)13(17-8-16-12)18-10-5-3-9(4-6-10)14(20)21/h3-6,8H,2,7H2,1H3,(H,20,21)(H2,15,16,17,18). The highest BCUT2D eigenvalue weighted by molar-refractivity contribution is 5.88. The Hall–Kier alpha value is -3.23. The minimum Gasteiger partial charge on any atom is -0.478 e. The highest BCUT2D eigenvalue weighted by Crippen LogP contribution is 2.31. The molecule has 120 valence electrons. The first-order valence-corrected chi connectivity index (χ1v) is 6.86. The smallest absolute Gasteiger partial charge is 0.353 e. The number of nitrogens with zero attached hydrogens (tertiary/aromatic N) is 3. The average Bonchev–Trinajstić information content (AvgIpc) is 2.53. The van der Waals surface area contributed by atoms with Crippen LogP contribution in [0.15, 0.2) is 30.6 Å². The number of nitro groups is 1. The van der Waals surface area contributed by atoms with E-state index in [1.165, 1.54) is 30.6 Å². The summed E-state index contributed by atoms with van der Waals surface area (Å²) in [6, 6.07) is 5.81. The molecule has 9 heteroatoms. The van der Waals surface area contributed by atoms with Crippen molar-refractivity contribution in [3.63, 3.8) is 0 Å². The Morgan fingerprint density at radius 3 is 2.48 bits per heavy atom. The Balaban J connectivity index is 2.31. The first kappa shape index (κ1) is 16.1. The quantitative estimate of drug-likeness (QED) is 0.524. The van der Waals surface area contributed by atoms with Crippen molar-refractivity contribution in [3.8, 4) is 0 Å². The molecule has 0 radical (unpaired) electrons. The largest absolute Gasteiger partial charge is 0.478 e. The molecule has 0 saturated carbocycles. The summed E-state index contributed by atoms with van der Waals surface area (Å²) in [5, 5.41) is 25.9. The van der Waals surface area contributed by atoms with Gasteiger partial charge >= 0.3 is 11.7 Å². The van der Waals surface area contributed by atoms with Crippen molar-refractivity contribution < 1.29 is 14.8 Å². The highest BCUT2D eigenvalue weighted by atomic mass is 16.6. The van der Waals surface area contributed by atoms with Crippen LogP contribution in [0.1, 0.15) is 23.7 Å². The molecule has 0 aliphatic rings. The molecule has 1 aromatic carbocycles. The van der Waals surface area contributed by atoms with Crippen LogP contribution in [0, 0.1) is 10.1 Å². The van der Waals surface area contributed by atoms with Crippen LogP contribution in [0.4, 0.5) is 23.0 Å². The molecule has 9 nitrogen and oxygen atoms in total. The van der Waals surface area contributed by atoms with Crippen molar-refractivity contribution >= 4 is 29.0 Å². The van der Waals surface area contributed by atoms with Gasteiger partial charge in [0.25, 0.3) is 0 Å². The van der Waals surface area contributed by atoms with E-state index in [2.05, 4.69) is 20.6 Å². The SMILES string of the molecule is CCCNc1ncnc(Nc2ccc(C(=O)O)cc2)c1[N+](=O)[O-]. The second-order valence-corrected chi connectivity index (χ2v) is 4.61. The normalized spacial score (nSPS) is 10.1. The lowest BCUT2D eigenvalue weighted by Crippen LogP contribution is -2.08. The summed E-state index contributed by atoms with van der Waals surface area (Å²) >= 11 is 0. The van der Waals surface area contributed by atoms with E-state index < -0.39 is 10.9 Å². The Labute approximate surface area is 131 Å². The summed E-state index contributed by atoms with van der Waals surface area (Å²) in [7, 11) is 0. The van der Waals surface area contributed by atoms with E-state index in [-0.39, 0.29) is 22.9 Å². The van der Waals surface area contributed by atoms with Gasteiger partial charge in [-0.2, -0.15) is 0 Å². The number of carbonyl (C=O) groups is 1. The van der Waals surface area contributed by atoms with Gasteiger partial charge in [-0.25, -0.2) is 14.8 Å². The molecule has 0 saturated heterocycles. The van der Waals surface area contributed by atoms with Crippen LogP contribution in [0.25, 0.3) is 0 Å². The Morgan fingerprint density at radius 2 is 1.91 bits per heavy atom. The molecule has 0 unspecified atom stereocenters. The highest BCUT2D eigenvalue weighted by Gasteiger charge is 2.22. The van der Waals surface area contributed by atoms with Crippen LogP contribution in [0.2, 0.25) is 0 Å². The second-order valence-electron chi connectivity index (χ2n) is 4.61. The van der Waals surface area contributed by atoms with Gasteiger partial charge in [0.15, 0.2) is 0 Å². The topological polar surface area (TPSA) is 130 Å². The van der Waals surface area contributed by atoms with Crippen LogP contribution in [-0.2, 0) is 0 Å². The van der Waals surface area contributed by atoms with Gasteiger partial charge in [0.1, 0.15) is 6.33 Å². The molecule has 0 fully saturated rings. The van der Waals surface area contributed by atoms with Crippen LogP contribution in [-0.4, -0.2) is 32.5 Å². The predicted molar refractivity (Wildman–Crippen MR) is 84.2 cm³/mol. The van der Waals surface area contributed by atoms with Gasteiger partial charge in [-0.3, -0.25) is 10.1 Å². The molecule has 1 heterocycles. The summed E-state index contributed by atoms with van der Waals surface area (Å²) in [5.41, 5.74) is 0.347. The molecule has 2 aromatic rings. The van der Waals surface area contributed by atoms with Crippen LogP contribution in [0.3, 0.4) is 0 Å². The second kappa shape index (κ2) is 7.16. The van der Waals surface area contributed by atoms with Crippen LogP contribution < -0.4 is 10.6 Å². The van der Waals surface area contributed by atoms with Gasteiger partial charge in [0, 0.05) is 12.2 Å². The molecule has 0 atom stereocenters. The molecule has 23 heavy (non-hydrogen) atoms. The molecule has 0 bridgehead atoms. The molecule has 2 rings (SSSR count). The van der Waals surface area contributed by atoms with Crippen molar-refractivity contribution in [1.82, 2.24) is 9.97 Å². The van der Waals surface area contributed by atoms with E-state index in [9.17, 15) is 14.9 Å². The third kappa shape index (κ3) is 3.90. The number of aromatic carboxylic acids is 1. The fourth-order valence-electron chi connectivity index (χ4n) is 1.85. The minimum atomic E-state index is -1.05. The lowest BCUT2D eigenvalue weighted by atomic mass is 10.2. The Bertz CT molecular complexity index is 718. The molecule has 0 aliphatic carbocycles. The molecular formula is C14H15N5O4. The zero-order valence-electron chi connectivity index (χ0n) is 12.3. The summed E-state index contributed by atoms with van der Waals surface area (Å²) in [4.78, 5) is 29.4. The minimum absolute atomic E-state index is 0.0340. The lowest BCUT2D eigenvalue weighted by Gasteiger charge is -2.09. The van der Waals surface area contributed by atoms with Gasteiger partial charge in [-0.15, -0.1) is 0 Å². The van der Waals surface area contributed by atoms with E-state index in [1.54, 1.807) is 0 Å². The predicted octanol–water partition coefficient (Wildman–Crippen LogP) is 2.65. The molecule has 0 aliphatic heterocycles. The zero-order valence-corrected chi connectivity index (χ0v) is 12.3. The van der Waals surface area contributed by atoms with Crippen LogP contribution >= 0.6 is 0 Å². The summed E-state index contributed by atoms with van der Waals surface area (Å²) in [6.45, 7) is 2.48. The van der Waals surface area contributed by atoms with Crippen molar-refractivity contribution in [3.05, 3.63) is 46.3 Å². The van der Waals surface area contributed by atoms with E-state index in [0.717, 1.165) is 6.42 Å². The number of rotatable bonds is 7. The fraction of sp³-hybridized carbons (Fsp3) is 0.214. The van der Waals surface area contributed by atoms with Gasteiger partial charge in [0.05, 0.1) is 10.5 Å². The third-order valence-corrected chi connectivity index (χ3v) is 2.94. The number of aromatic nitrogens is 2. The number of hydrogen-bond acceptors (Lipinski definition) is 7. The first-order chi connectivity index (χ1) is 11.0. The Kier molecular flexibility index (Phi) is 5.03. The fourth-order valence-corrected chi connectivity index (χ4v) is 1.85. The average molecular weight is 317 g/mol. The van der Waals surface area contributed by atoms with Crippen molar-refractivity contribution in [2.24, 2.45) is 0 Å². The van der Waals surface area contributed by atoms with E-state index >= 15 is 0 Å². The van der Waals surface area contributed by atoms with Crippen LogP contribution in [0.5, 0.6) is 0 Å². The summed E-state index contributed by atoms with van der Waals surface area (Å²) in [5.74, 6) is -0.876. The van der Waals surface area contributed by atoms with Crippen molar-refractivity contribution in [2.75, 3.05) is 17.2 Å². The van der Waals surface area contributed by atoms with Crippen molar-refractivity contribution in [2.45, 2.75) is 13.3 Å². The summed E-state index contributed by atoms with van der Waals surface area (Å²) in [6.07, 6.45) is 2.01. The number of benzene rings is 1. The number of nitrogens with one attached hydrogen (secondary N) is 2. The lowest BCUT2D eigenvalue weighted by molar-refractivity contribution is -0.383. The first-order valence-electron chi connectivity index (χ1n) is 6.86. The Morgan fingerprint density at radius 1 is 1.26 bits per heavy atom. The maximum absolute atomic E-state index is 11.3. The van der Waals surface area contributed by atoms with Gasteiger partial charge < -0.3 is 15.7 Å². The molecule has 3 N–H and O–H groups in total. The number of carboxylic acids is 1. The van der Waals surface area contributed by atoms with Gasteiger partial charge in [0.2, 0.25) is 11.6 Å². The number of hydrogen-bond donors (Lipinski definition) is 3. The van der Waals surface area contributed by atoms with E-state index in [0.29, 0.717) is 12.2 Å². The summed E-state index contributed by atoms with van der Waals surface area (Å²) < 4.78 is 0. The maximum atomic E-state index is 11.3. The molecule has 0 amide bonds. The zero-order chi connectivity index (χ0) is 16.8. The number of anilines is 3. The molecule has 0 spiro atoms. The van der Waals surface area contributed by atoms with Crippen molar-refractivity contribution in [1.29, 1.82) is 0 Å².